The summed E-state index contributed by atoms with van der Waals surface area (Å²) in [5, 5.41) is 8.80. The van der Waals surface area contributed by atoms with Crippen LogP contribution in [-0.4, -0.2) is 41.6 Å². The van der Waals surface area contributed by atoms with Crippen LogP contribution in [-0.2, 0) is 22.4 Å². The molecule has 1 unspecified atom stereocenters. The third kappa shape index (κ3) is 4.03. The molecule has 23 heavy (non-hydrogen) atoms. The van der Waals surface area contributed by atoms with E-state index in [0.717, 1.165) is 43.7 Å². The quantitative estimate of drug-likeness (QED) is 0.904. The molecule has 5 nitrogen and oxygen atoms in total. The van der Waals surface area contributed by atoms with Gasteiger partial charge in [0.15, 0.2) is 0 Å². The fourth-order valence-corrected chi connectivity index (χ4v) is 3.49. The molecule has 1 fully saturated rings. The van der Waals surface area contributed by atoms with Crippen molar-refractivity contribution in [3.63, 3.8) is 0 Å². The van der Waals surface area contributed by atoms with Crippen LogP contribution in [0.1, 0.15) is 36.8 Å². The topological polar surface area (TPSA) is 66.8 Å². The second-order valence-electron chi connectivity index (χ2n) is 6.50. The van der Waals surface area contributed by atoms with Crippen LogP contribution >= 0.6 is 0 Å². The molecule has 0 saturated carbocycles. The number of ether oxygens (including phenoxy) is 1. The van der Waals surface area contributed by atoms with Crippen LogP contribution in [0.5, 0.6) is 5.75 Å². The van der Waals surface area contributed by atoms with Crippen molar-refractivity contribution in [2.75, 3.05) is 19.7 Å². The Labute approximate surface area is 136 Å². The molecule has 124 valence electrons. The lowest BCUT2D eigenvalue weighted by Gasteiger charge is -2.32. The fourth-order valence-electron chi connectivity index (χ4n) is 3.49. The van der Waals surface area contributed by atoms with Gasteiger partial charge in [0.25, 0.3) is 0 Å². The lowest BCUT2D eigenvalue weighted by atomic mass is 9.93. The number of carboxylic acids is 1. The van der Waals surface area contributed by atoms with Crippen molar-refractivity contribution in [1.82, 2.24) is 4.90 Å². The molecule has 0 bridgehead atoms. The Morgan fingerprint density at radius 1 is 1.35 bits per heavy atom. The summed E-state index contributed by atoms with van der Waals surface area (Å²) in [5.74, 6) is 0.642. The minimum Gasteiger partial charge on any atom is -0.493 e. The van der Waals surface area contributed by atoms with Crippen molar-refractivity contribution in [1.29, 1.82) is 0 Å². The van der Waals surface area contributed by atoms with Gasteiger partial charge in [-0.05, 0) is 42.4 Å². The van der Waals surface area contributed by atoms with E-state index >= 15 is 0 Å². The maximum Gasteiger partial charge on any atom is 0.303 e. The van der Waals surface area contributed by atoms with E-state index in [1.165, 1.54) is 5.56 Å². The number of carbonyl (C=O) groups is 2. The summed E-state index contributed by atoms with van der Waals surface area (Å²) < 4.78 is 5.49. The van der Waals surface area contributed by atoms with Crippen LogP contribution in [0.15, 0.2) is 18.2 Å². The summed E-state index contributed by atoms with van der Waals surface area (Å²) in [6, 6.07) is 6.00. The number of hydrogen-bond acceptors (Lipinski definition) is 3. The third-order valence-electron chi connectivity index (χ3n) is 4.75. The molecule has 3 rings (SSSR count). The highest BCUT2D eigenvalue weighted by atomic mass is 16.5. The normalized spacial score (nSPS) is 20.0. The summed E-state index contributed by atoms with van der Waals surface area (Å²) in [7, 11) is 0. The van der Waals surface area contributed by atoms with Gasteiger partial charge in [0.1, 0.15) is 5.75 Å². The van der Waals surface area contributed by atoms with Crippen molar-refractivity contribution in [3.8, 4) is 5.75 Å². The Kier molecular flexibility index (Phi) is 4.84. The third-order valence-corrected chi connectivity index (χ3v) is 4.75. The van der Waals surface area contributed by atoms with Gasteiger partial charge in [0.05, 0.1) is 13.0 Å². The Morgan fingerprint density at radius 2 is 2.22 bits per heavy atom. The first-order valence-electron chi connectivity index (χ1n) is 8.36. The molecule has 1 saturated heterocycles. The highest BCUT2D eigenvalue weighted by Crippen LogP contribution is 2.27. The minimum atomic E-state index is -0.756. The predicted molar refractivity (Wildman–Crippen MR) is 85.5 cm³/mol. The number of carbonyl (C=O) groups excluding carboxylic acids is 1. The van der Waals surface area contributed by atoms with Gasteiger partial charge in [-0.1, -0.05) is 12.1 Å². The molecule has 1 amide bonds. The van der Waals surface area contributed by atoms with Crippen molar-refractivity contribution >= 4 is 11.9 Å². The Hall–Kier alpha value is -2.04. The number of fused-ring (bicyclic) bond motifs is 1. The molecule has 0 spiro atoms. The summed E-state index contributed by atoms with van der Waals surface area (Å²) in [6.45, 7) is 2.21. The maximum absolute atomic E-state index is 12.5. The van der Waals surface area contributed by atoms with E-state index in [1.54, 1.807) is 0 Å². The predicted octanol–water partition coefficient (Wildman–Crippen LogP) is 2.27. The molecule has 1 N–H and O–H groups in total. The minimum absolute atomic E-state index is 0.142. The zero-order chi connectivity index (χ0) is 16.2. The van der Waals surface area contributed by atoms with Crippen LogP contribution < -0.4 is 4.74 Å². The lowest BCUT2D eigenvalue weighted by Crippen LogP contribution is -2.40. The number of nitrogens with zero attached hydrogens (tertiary/aromatic N) is 1. The van der Waals surface area contributed by atoms with E-state index in [4.69, 9.17) is 9.84 Å². The van der Waals surface area contributed by atoms with Crippen LogP contribution in [0.3, 0.4) is 0 Å². The van der Waals surface area contributed by atoms with Crippen LogP contribution in [0.25, 0.3) is 0 Å². The van der Waals surface area contributed by atoms with Crippen LogP contribution in [0, 0.1) is 5.92 Å². The molecule has 0 radical (unpaired) electrons. The van der Waals surface area contributed by atoms with E-state index in [1.807, 2.05) is 17.0 Å². The molecule has 2 heterocycles. The Balaban J connectivity index is 1.56. The molecule has 1 atom stereocenters. The summed E-state index contributed by atoms with van der Waals surface area (Å²) in [5.41, 5.74) is 2.22. The van der Waals surface area contributed by atoms with E-state index in [0.29, 0.717) is 25.3 Å². The smallest absolute Gasteiger partial charge is 0.303 e. The van der Waals surface area contributed by atoms with E-state index in [2.05, 4.69) is 6.07 Å². The maximum atomic E-state index is 12.5. The van der Waals surface area contributed by atoms with E-state index < -0.39 is 5.97 Å². The van der Waals surface area contributed by atoms with Crippen molar-refractivity contribution < 1.29 is 19.4 Å². The average molecular weight is 317 g/mol. The first kappa shape index (κ1) is 15.8. The molecule has 0 aromatic heterocycles. The second-order valence-corrected chi connectivity index (χ2v) is 6.50. The van der Waals surface area contributed by atoms with Gasteiger partial charge in [0, 0.05) is 25.9 Å². The number of aliphatic carboxylic acids is 1. The van der Waals surface area contributed by atoms with Gasteiger partial charge in [-0.3, -0.25) is 9.59 Å². The number of likely N-dealkylation sites (tertiary alicyclic amines) is 1. The van der Waals surface area contributed by atoms with Crippen molar-refractivity contribution in [3.05, 3.63) is 29.3 Å². The molecule has 2 aliphatic heterocycles. The zero-order valence-corrected chi connectivity index (χ0v) is 13.3. The Bertz CT molecular complexity index is 599. The zero-order valence-electron chi connectivity index (χ0n) is 13.3. The Morgan fingerprint density at radius 3 is 3.04 bits per heavy atom. The van der Waals surface area contributed by atoms with Gasteiger partial charge >= 0.3 is 5.97 Å². The number of piperidine rings is 1. The van der Waals surface area contributed by atoms with Gasteiger partial charge in [0.2, 0.25) is 5.91 Å². The van der Waals surface area contributed by atoms with E-state index in [9.17, 15) is 9.59 Å². The highest BCUT2D eigenvalue weighted by Gasteiger charge is 2.24. The summed E-state index contributed by atoms with van der Waals surface area (Å²) in [4.78, 5) is 25.1. The molecule has 2 aliphatic rings. The fraction of sp³-hybridized carbons (Fsp3) is 0.556. The summed E-state index contributed by atoms with van der Waals surface area (Å²) >= 11 is 0. The summed E-state index contributed by atoms with van der Waals surface area (Å²) in [6.07, 6.45) is 4.17. The molecule has 0 aliphatic carbocycles. The molecule has 5 heteroatoms. The molecular weight excluding hydrogens is 294 g/mol. The van der Waals surface area contributed by atoms with Gasteiger partial charge in [-0.25, -0.2) is 0 Å². The number of hydrogen-bond donors (Lipinski definition) is 1. The monoisotopic (exact) mass is 317 g/mol. The molecular formula is C18H23NO4. The highest BCUT2D eigenvalue weighted by molar-refractivity contribution is 5.79. The van der Waals surface area contributed by atoms with Crippen molar-refractivity contribution in [2.24, 2.45) is 5.92 Å². The van der Waals surface area contributed by atoms with Crippen molar-refractivity contribution in [2.45, 2.75) is 38.5 Å². The van der Waals surface area contributed by atoms with Crippen LogP contribution in [0.2, 0.25) is 0 Å². The van der Waals surface area contributed by atoms with Gasteiger partial charge < -0.3 is 14.7 Å². The first-order chi connectivity index (χ1) is 11.1. The standard InChI is InChI=1S/C18H23NO4/c20-17(11-14-3-5-16-15(10-14)7-9-23-16)19-8-1-2-13(12-19)4-6-18(21)22/h3,5,10,13H,1-2,4,6-9,11-12H2,(H,21,22). The SMILES string of the molecule is O=C(O)CCC1CCCN(C(=O)Cc2ccc3c(c2)CCO3)C1. The number of carboxylic acid groups (broad SMARTS) is 1. The first-order valence-corrected chi connectivity index (χ1v) is 8.36. The number of amides is 1. The number of rotatable bonds is 5. The van der Waals surface area contributed by atoms with Crippen LogP contribution in [0.4, 0.5) is 0 Å². The van der Waals surface area contributed by atoms with Gasteiger partial charge in [-0.15, -0.1) is 0 Å². The second kappa shape index (κ2) is 7.02. The number of benzene rings is 1. The average Bonchev–Trinajstić information content (AvgIpc) is 3.01. The molecule has 1 aromatic carbocycles. The van der Waals surface area contributed by atoms with Gasteiger partial charge in [-0.2, -0.15) is 0 Å². The van der Waals surface area contributed by atoms with E-state index in [-0.39, 0.29) is 12.3 Å². The molecule has 1 aromatic rings. The largest absolute Gasteiger partial charge is 0.493 e. The lowest BCUT2D eigenvalue weighted by molar-refractivity contribution is -0.137.